The van der Waals surface area contributed by atoms with Crippen LogP contribution in [0.25, 0.3) is 0 Å². The Morgan fingerprint density at radius 3 is 2.00 bits per heavy atom. The van der Waals surface area contributed by atoms with Crippen molar-refractivity contribution in [2.24, 2.45) is 5.92 Å². The Bertz CT molecular complexity index is 252. The molecule has 0 aromatic rings. The van der Waals surface area contributed by atoms with Crippen LogP contribution in [0.15, 0.2) is 0 Å². The number of hydrogen-bond donors (Lipinski definition) is 0. The summed E-state index contributed by atoms with van der Waals surface area (Å²) in [6.45, 7) is 11.5. The molecule has 2 heteroatoms. The lowest BCUT2D eigenvalue weighted by molar-refractivity contribution is -0.0394. The summed E-state index contributed by atoms with van der Waals surface area (Å²) in [7, 11) is 4.12. The summed E-state index contributed by atoms with van der Waals surface area (Å²) in [5.74, 6) is 0.924. The van der Waals surface area contributed by atoms with Crippen molar-refractivity contribution in [1.82, 2.24) is 4.90 Å². The van der Waals surface area contributed by atoms with Crippen molar-refractivity contribution in [3.63, 3.8) is 0 Å². The van der Waals surface area contributed by atoms with Gasteiger partial charge in [0.25, 0.3) is 0 Å². The van der Waals surface area contributed by atoms with Crippen LogP contribution < -0.4 is 0 Å². The molecular formula is C16H33NO. The fourth-order valence-electron chi connectivity index (χ4n) is 3.36. The molecule has 0 N–H and O–H groups in total. The van der Waals surface area contributed by atoms with Crippen LogP contribution in [0.2, 0.25) is 0 Å². The van der Waals surface area contributed by atoms with Crippen LogP contribution in [-0.2, 0) is 4.74 Å². The van der Waals surface area contributed by atoms with Crippen LogP contribution in [0, 0.1) is 5.92 Å². The van der Waals surface area contributed by atoms with Gasteiger partial charge >= 0.3 is 0 Å². The zero-order valence-electron chi connectivity index (χ0n) is 13.5. The Labute approximate surface area is 114 Å². The van der Waals surface area contributed by atoms with Crippen molar-refractivity contribution in [3.8, 4) is 0 Å². The lowest BCUT2D eigenvalue weighted by Crippen LogP contribution is -2.51. The minimum absolute atomic E-state index is 0.0419. The number of hydrogen-bond acceptors (Lipinski definition) is 2. The van der Waals surface area contributed by atoms with Crippen molar-refractivity contribution in [2.75, 3.05) is 14.2 Å². The Hall–Kier alpha value is -0.0800. The van der Waals surface area contributed by atoms with E-state index in [1.54, 1.807) is 0 Å². The van der Waals surface area contributed by atoms with Crippen LogP contribution in [0.1, 0.15) is 66.7 Å². The first-order valence-corrected chi connectivity index (χ1v) is 7.46. The van der Waals surface area contributed by atoms with E-state index in [1.807, 2.05) is 7.11 Å². The number of methoxy groups -OCH3 is 1. The van der Waals surface area contributed by atoms with Gasteiger partial charge in [0.2, 0.25) is 0 Å². The molecule has 1 aliphatic carbocycles. The minimum atomic E-state index is -0.0419. The smallest absolute Gasteiger partial charge is 0.0640 e. The van der Waals surface area contributed by atoms with E-state index in [-0.39, 0.29) is 11.1 Å². The molecule has 0 unspecified atom stereocenters. The Kier molecular flexibility index (Phi) is 5.25. The maximum atomic E-state index is 5.60. The molecule has 0 heterocycles. The monoisotopic (exact) mass is 255 g/mol. The first kappa shape index (κ1) is 16.0. The van der Waals surface area contributed by atoms with Gasteiger partial charge in [-0.3, -0.25) is 4.90 Å². The van der Waals surface area contributed by atoms with Crippen molar-refractivity contribution in [3.05, 3.63) is 0 Å². The SMILES string of the molecule is COC(C)(C)CC(C)(C)N(C)C1CCC(C)CC1. The zero-order chi connectivity index (χ0) is 14.0. The van der Waals surface area contributed by atoms with Crippen LogP contribution in [0.3, 0.4) is 0 Å². The third-order valence-electron chi connectivity index (χ3n) is 4.90. The highest BCUT2D eigenvalue weighted by atomic mass is 16.5. The van der Waals surface area contributed by atoms with Gasteiger partial charge < -0.3 is 4.74 Å². The summed E-state index contributed by atoms with van der Waals surface area (Å²) in [5, 5.41) is 0. The first-order valence-electron chi connectivity index (χ1n) is 7.46. The minimum Gasteiger partial charge on any atom is -0.379 e. The van der Waals surface area contributed by atoms with Gasteiger partial charge in [-0.05, 0) is 72.8 Å². The van der Waals surface area contributed by atoms with Crippen molar-refractivity contribution >= 4 is 0 Å². The van der Waals surface area contributed by atoms with Crippen LogP contribution >= 0.6 is 0 Å². The molecule has 0 aromatic heterocycles. The summed E-state index contributed by atoms with van der Waals surface area (Å²) in [6, 6.07) is 0.754. The highest BCUT2D eigenvalue weighted by Crippen LogP contribution is 2.34. The Morgan fingerprint density at radius 1 is 1.06 bits per heavy atom. The molecular weight excluding hydrogens is 222 g/mol. The van der Waals surface area contributed by atoms with Crippen LogP contribution in [-0.4, -0.2) is 36.2 Å². The fraction of sp³-hybridized carbons (Fsp3) is 1.00. The largest absolute Gasteiger partial charge is 0.379 e. The predicted molar refractivity (Wildman–Crippen MR) is 79.0 cm³/mol. The molecule has 0 spiro atoms. The van der Waals surface area contributed by atoms with E-state index in [1.165, 1.54) is 25.7 Å². The van der Waals surface area contributed by atoms with Crippen LogP contribution in [0.5, 0.6) is 0 Å². The lowest BCUT2D eigenvalue weighted by atomic mass is 9.82. The molecule has 1 rings (SSSR count). The maximum Gasteiger partial charge on any atom is 0.0640 e. The number of ether oxygens (including phenoxy) is 1. The van der Waals surface area contributed by atoms with E-state index in [0.29, 0.717) is 0 Å². The molecule has 2 nitrogen and oxygen atoms in total. The van der Waals surface area contributed by atoms with Gasteiger partial charge in [-0.25, -0.2) is 0 Å². The first-order chi connectivity index (χ1) is 8.18. The van der Waals surface area contributed by atoms with Gasteiger partial charge in [0, 0.05) is 18.7 Å². The summed E-state index contributed by atoms with van der Waals surface area (Å²) in [5.41, 5.74) is 0.157. The molecule has 1 aliphatic rings. The van der Waals surface area contributed by atoms with E-state index in [0.717, 1.165) is 18.4 Å². The van der Waals surface area contributed by atoms with Gasteiger partial charge in [0.15, 0.2) is 0 Å². The molecule has 0 saturated heterocycles. The highest BCUT2D eigenvalue weighted by Gasteiger charge is 2.36. The normalized spacial score (nSPS) is 26.7. The van der Waals surface area contributed by atoms with Crippen molar-refractivity contribution < 1.29 is 4.74 Å². The topological polar surface area (TPSA) is 12.5 Å². The summed E-state index contributed by atoms with van der Waals surface area (Å²) in [4.78, 5) is 2.60. The molecule has 0 amide bonds. The number of rotatable bonds is 5. The van der Waals surface area contributed by atoms with E-state index < -0.39 is 0 Å². The molecule has 0 bridgehead atoms. The number of nitrogens with zero attached hydrogens (tertiary/aromatic N) is 1. The highest BCUT2D eigenvalue weighted by molar-refractivity contribution is 4.91. The summed E-state index contributed by atoms with van der Waals surface area (Å²) in [6.07, 6.45) is 6.56. The van der Waals surface area contributed by atoms with E-state index in [4.69, 9.17) is 4.74 Å². The van der Waals surface area contributed by atoms with Crippen LogP contribution in [0.4, 0.5) is 0 Å². The van der Waals surface area contributed by atoms with Crippen molar-refractivity contribution in [2.45, 2.75) is 83.9 Å². The van der Waals surface area contributed by atoms with Gasteiger partial charge in [0.1, 0.15) is 0 Å². The molecule has 0 aliphatic heterocycles. The lowest BCUT2D eigenvalue weighted by Gasteiger charge is -2.46. The third-order valence-corrected chi connectivity index (χ3v) is 4.90. The molecule has 0 aromatic carbocycles. The molecule has 108 valence electrons. The molecule has 1 saturated carbocycles. The van der Waals surface area contributed by atoms with E-state index >= 15 is 0 Å². The van der Waals surface area contributed by atoms with Gasteiger partial charge in [-0.15, -0.1) is 0 Å². The Morgan fingerprint density at radius 2 is 1.56 bits per heavy atom. The zero-order valence-corrected chi connectivity index (χ0v) is 13.5. The van der Waals surface area contributed by atoms with Crippen molar-refractivity contribution in [1.29, 1.82) is 0 Å². The predicted octanol–water partition coefficient (Wildman–Crippen LogP) is 4.09. The Balaban J connectivity index is 2.61. The van der Waals surface area contributed by atoms with Gasteiger partial charge in [-0.1, -0.05) is 6.92 Å². The van der Waals surface area contributed by atoms with Gasteiger partial charge in [0.05, 0.1) is 5.60 Å². The van der Waals surface area contributed by atoms with Gasteiger partial charge in [-0.2, -0.15) is 0 Å². The molecule has 0 radical (unpaired) electrons. The standard InChI is InChI=1S/C16H33NO/c1-13-8-10-14(11-9-13)17(6)15(2,3)12-16(4,5)18-7/h13-14H,8-12H2,1-7H3. The van der Waals surface area contributed by atoms with E-state index in [2.05, 4.69) is 46.6 Å². The summed E-state index contributed by atoms with van der Waals surface area (Å²) >= 11 is 0. The summed E-state index contributed by atoms with van der Waals surface area (Å²) < 4.78 is 5.60. The quantitative estimate of drug-likeness (QED) is 0.733. The third kappa shape index (κ3) is 4.24. The second kappa shape index (κ2) is 5.92. The molecule has 18 heavy (non-hydrogen) atoms. The maximum absolute atomic E-state index is 5.60. The second-order valence-electron chi connectivity index (χ2n) is 7.48. The molecule has 1 fully saturated rings. The average Bonchev–Trinajstić information content (AvgIpc) is 2.28. The second-order valence-corrected chi connectivity index (χ2v) is 7.48. The van der Waals surface area contributed by atoms with E-state index in [9.17, 15) is 0 Å². The fourth-order valence-corrected chi connectivity index (χ4v) is 3.36. The average molecular weight is 255 g/mol. The molecule has 0 atom stereocenters.